The average Bonchev–Trinajstić information content (AvgIpc) is 2.96. The van der Waals surface area contributed by atoms with E-state index in [2.05, 4.69) is 19.1 Å². The van der Waals surface area contributed by atoms with Gasteiger partial charge in [-0.25, -0.2) is 8.78 Å². The van der Waals surface area contributed by atoms with Crippen LogP contribution < -0.4 is 0 Å². The van der Waals surface area contributed by atoms with Crippen LogP contribution in [0.4, 0.5) is 8.78 Å². The molecule has 41 heavy (non-hydrogen) atoms. The number of hydrogen-bond acceptors (Lipinski definition) is 3. The smallest absolute Gasteiger partial charge is 0.310 e. The molecule has 1 aliphatic rings. The Morgan fingerprint density at radius 2 is 1.63 bits per heavy atom. The zero-order chi connectivity index (χ0) is 29.0. The third-order valence-corrected chi connectivity index (χ3v) is 8.43. The number of carbonyl (C=O) groups excluding carboxylic acids is 2. The number of cyclic esters (lactones) is 1. The summed E-state index contributed by atoms with van der Waals surface area (Å²) in [6, 6.07) is 21.2. The van der Waals surface area contributed by atoms with Gasteiger partial charge in [0.1, 0.15) is 17.4 Å². The van der Waals surface area contributed by atoms with Gasteiger partial charge in [-0.15, -0.1) is 0 Å². The van der Waals surface area contributed by atoms with Gasteiger partial charge in [0.25, 0.3) is 0 Å². The molecule has 0 bridgehead atoms. The Morgan fingerprint density at radius 3 is 2.39 bits per heavy atom. The highest BCUT2D eigenvalue weighted by Crippen LogP contribution is 2.33. The van der Waals surface area contributed by atoms with Crippen molar-refractivity contribution < 1.29 is 23.1 Å². The average molecular weight is 561 g/mol. The van der Waals surface area contributed by atoms with Crippen molar-refractivity contribution in [2.24, 2.45) is 11.8 Å². The molecule has 0 amide bonds. The number of ketones is 1. The number of rotatable bonds is 10. The molecule has 3 nitrogen and oxygen atoms in total. The molecule has 0 fully saturated rings. The van der Waals surface area contributed by atoms with Crippen molar-refractivity contribution >= 4 is 11.8 Å². The van der Waals surface area contributed by atoms with Crippen LogP contribution in [0, 0.1) is 23.5 Å². The zero-order valence-corrected chi connectivity index (χ0v) is 24.1. The first-order chi connectivity index (χ1) is 19.9. The van der Waals surface area contributed by atoms with Gasteiger partial charge in [-0.2, -0.15) is 0 Å². The predicted octanol–water partition coefficient (Wildman–Crippen LogP) is 8.58. The number of halogens is 2. The number of aryl methyl sites for hydroxylation is 1. The number of benzene rings is 3. The van der Waals surface area contributed by atoms with Crippen LogP contribution in [-0.2, 0) is 33.6 Å². The van der Waals surface area contributed by atoms with Gasteiger partial charge in [0.15, 0.2) is 0 Å². The van der Waals surface area contributed by atoms with Crippen molar-refractivity contribution in [3.63, 3.8) is 0 Å². The van der Waals surface area contributed by atoms with Crippen LogP contribution in [0.2, 0.25) is 0 Å². The molecule has 0 N–H and O–H groups in total. The molecule has 0 spiro atoms. The number of hydrogen-bond donors (Lipinski definition) is 0. The van der Waals surface area contributed by atoms with Gasteiger partial charge in [-0.3, -0.25) is 9.59 Å². The summed E-state index contributed by atoms with van der Waals surface area (Å²) < 4.78 is 33.3. The van der Waals surface area contributed by atoms with E-state index in [1.54, 1.807) is 18.2 Å². The second kappa shape index (κ2) is 15.6. The van der Waals surface area contributed by atoms with Gasteiger partial charge >= 0.3 is 5.97 Å². The first kappa shape index (κ1) is 30.6. The van der Waals surface area contributed by atoms with Crippen molar-refractivity contribution in [2.45, 2.75) is 83.5 Å². The fraction of sp³-hybridized carbons (Fsp3) is 0.444. The molecule has 0 saturated carbocycles. The maximum Gasteiger partial charge on any atom is 0.310 e. The third-order valence-electron chi connectivity index (χ3n) is 8.43. The highest BCUT2D eigenvalue weighted by Gasteiger charge is 2.29. The lowest BCUT2D eigenvalue weighted by Gasteiger charge is -2.25. The predicted molar refractivity (Wildman–Crippen MR) is 159 cm³/mol. The minimum Gasteiger partial charge on any atom is -0.465 e. The number of carbonyl (C=O) groups is 2. The maximum atomic E-state index is 14.1. The summed E-state index contributed by atoms with van der Waals surface area (Å²) in [6.07, 6.45) is 8.36. The summed E-state index contributed by atoms with van der Waals surface area (Å²) in [6.45, 7) is 2.47. The molecular weight excluding hydrogens is 518 g/mol. The summed E-state index contributed by atoms with van der Waals surface area (Å²) in [5, 5.41) is 0. The maximum absolute atomic E-state index is 14.1. The van der Waals surface area contributed by atoms with Crippen LogP contribution in [-0.4, -0.2) is 18.4 Å². The Labute approximate surface area is 243 Å². The van der Waals surface area contributed by atoms with E-state index in [0.29, 0.717) is 31.8 Å². The summed E-state index contributed by atoms with van der Waals surface area (Å²) >= 11 is 0. The highest BCUT2D eigenvalue weighted by molar-refractivity contribution is 5.88. The second-order valence-corrected chi connectivity index (χ2v) is 11.5. The van der Waals surface area contributed by atoms with Gasteiger partial charge in [-0.1, -0.05) is 68.3 Å². The van der Waals surface area contributed by atoms with E-state index in [1.165, 1.54) is 24.3 Å². The van der Waals surface area contributed by atoms with E-state index >= 15 is 0 Å². The second-order valence-electron chi connectivity index (χ2n) is 11.5. The molecule has 0 aliphatic carbocycles. The molecule has 218 valence electrons. The molecule has 3 unspecified atom stereocenters. The SMILES string of the molecule is CCCC(Cc1ccccc1)C(=O)C(CCC1CCCOC(=O)Cc2ccc(F)cc2CCC1)c1ccc(F)cc1. The summed E-state index contributed by atoms with van der Waals surface area (Å²) in [7, 11) is 0. The fourth-order valence-corrected chi connectivity index (χ4v) is 6.23. The van der Waals surface area contributed by atoms with E-state index in [-0.39, 0.29) is 41.6 Å². The first-order valence-electron chi connectivity index (χ1n) is 15.2. The van der Waals surface area contributed by atoms with Crippen LogP contribution in [0.25, 0.3) is 0 Å². The van der Waals surface area contributed by atoms with Gasteiger partial charge in [0, 0.05) is 11.8 Å². The Balaban J connectivity index is 1.50. The van der Waals surface area contributed by atoms with Gasteiger partial charge in [-0.05, 0) is 104 Å². The van der Waals surface area contributed by atoms with Crippen LogP contribution >= 0.6 is 0 Å². The van der Waals surface area contributed by atoms with Crippen molar-refractivity contribution in [3.8, 4) is 0 Å². The number of fused-ring (bicyclic) bond motifs is 1. The molecular formula is C36H42F2O3. The van der Waals surface area contributed by atoms with Crippen LogP contribution in [0.3, 0.4) is 0 Å². The van der Waals surface area contributed by atoms with E-state index < -0.39 is 0 Å². The Kier molecular flexibility index (Phi) is 11.7. The lowest BCUT2D eigenvalue weighted by molar-refractivity contribution is -0.143. The molecule has 1 heterocycles. The number of Topliss-reactive ketones (excluding diaryl/α,β-unsaturated/α-hetero) is 1. The third kappa shape index (κ3) is 9.34. The van der Waals surface area contributed by atoms with Crippen LogP contribution in [0.1, 0.15) is 86.5 Å². The van der Waals surface area contributed by atoms with Crippen molar-refractivity contribution in [2.75, 3.05) is 6.61 Å². The zero-order valence-electron chi connectivity index (χ0n) is 24.1. The molecule has 3 aromatic rings. The van der Waals surface area contributed by atoms with Gasteiger partial charge in [0.05, 0.1) is 13.0 Å². The topological polar surface area (TPSA) is 43.4 Å². The van der Waals surface area contributed by atoms with Crippen molar-refractivity contribution in [3.05, 3.63) is 107 Å². The number of ether oxygens (including phenoxy) is 1. The molecule has 4 rings (SSSR count). The molecule has 0 aromatic heterocycles. The lowest BCUT2D eigenvalue weighted by atomic mass is 9.78. The summed E-state index contributed by atoms with van der Waals surface area (Å²) in [5.74, 6) is -0.700. The minimum atomic E-state index is -0.306. The largest absolute Gasteiger partial charge is 0.465 e. The van der Waals surface area contributed by atoms with E-state index in [0.717, 1.165) is 67.2 Å². The molecule has 1 aliphatic heterocycles. The Bertz CT molecular complexity index is 1260. The standard InChI is InChI=1S/C36H42F2O3/c1-2-8-31(23-27-9-4-3-5-10-27)36(40)34(28-15-18-32(37)19-16-28)21-14-26-11-6-13-29-24-33(38)20-17-30(29)25-35(39)41-22-7-12-26/h3-5,9-10,15-20,24,26,31,34H,2,6-8,11-14,21-23,25H2,1H3. The first-order valence-corrected chi connectivity index (χ1v) is 15.2. The van der Waals surface area contributed by atoms with Gasteiger partial charge < -0.3 is 4.74 Å². The Hall–Kier alpha value is -3.34. The van der Waals surface area contributed by atoms with E-state index in [4.69, 9.17) is 4.74 Å². The van der Waals surface area contributed by atoms with E-state index in [9.17, 15) is 18.4 Å². The molecule has 5 heteroatoms. The monoisotopic (exact) mass is 560 g/mol. The minimum absolute atomic E-state index is 0.0976. The summed E-state index contributed by atoms with van der Waals surface area (Å²) in [5.41, 5.74) is 3.72. The molecule has 0 radical (unpaired) electrons. The van der Waals surface area contributed by atoms with Gasteiger partial charge in [0.2, 0.25) is 0 Å². The fourth-order valence-electron chi connectivity index (χ4n) is 6.23. The van der Waals surface area contributed by atoms with Crippen molar-refractivity contribution in [1.82, 2.24) is 0 Å². The normalized spacial score (nSPS) is 17.8. The lowest BCUT2D eigenvalue weighted by Crippen LogP contribution is -2.25. The quantitative estimate of drug-likeness (QED) is 0.233. The van der Waals surface area contributed by atoms with Crippen LogP contribution in [0.5, 0.6) is 0 Å². The van der Waals surface area contributed by atoms with Crippen molar-refractivity contribution in [1.29, 1.82) is 0 Å². The molecule has 3 atom stereocenters. The summed E-state index contributed by atoms with van der Waals surface area (Å²) in [4.78, 5) is 26.5. The van der Waals surface area contributed by atoms with Crippen LogP contribution in [0.15, 0.2) is 72.8 Å². The Morgan fingerprint density at radius 1 is 0.902 bits per heavy atom. The number of esters is 1. The highest BCUT2D eigenvalue weighted by atomic mass is 19.1. The molecule has 0 saturated heterocycles. The van der Waals surface area contributed by atoms with E-state index in [1.807, 2.05) is 18.2 Å². The molecule has 3 aromatic carbocycles.